The Bertz CT molecular complexity index is 770. The first kappa shape index (κ1) is 12.9. The van der Waals surface area contributed by atoms with E-state index in [4.69, 9.17) is 0 Å². The van der Waals surface area contributed by atoms with Crippen molar-refractivity contribution < 1.29 is 8.78 Å². The lowest BCUT2D eigenvalue weighted by Gasteiger charge is -2.07. The van der Waals surface area contributed by atoms with Crippen molar-refractivity contribution in [2.75, 3.05) is 11.9 Å². The topological polar surface area (TPSA) is 37.8 Å². The van der Waals surface area contributed by atoms with Gasteiger partial charge in [0.15, 0.2) is 5.82 Å². The molecule has 2 heterocycles. The van der Waals surface area contributed by atoms with Gasteiger partial charge < -0.3 is 5.32 Å². The molecule has 20 heavy (non-hydrogen) atoms. The fourth-order valence-electron chi connectivity index (χ4n) is 1.95. The fourth-order valence-corrected chi connectivity index (χ4v) is 2.71. The monoisotopic (exact) mass is 291 g/mol. The molecule has 0 unspecified atom stereocenters. The summed E-state index contributed by atoms with van der Waals surface area (Å²) in [5, 5.41) is 5.95. The molecular formula is C14H11F2N3S. The minimum atomic E-state index is -0.664. The third kappa shape index (κ3) is 2.22. The summed E-state index contributed by atoms with van der Waals surface area (Å²) >= 11 is 1.46. The Morgan fingerprint density at radius 3 is 2.80 bits per heavy atom. The Balaban J connectivity index is 2.20. The maximum Gasteiger partial charge on any atom is 0.166 e. The van der Waals surface area contributed by atoms with E-state index in [1.807, 2.05) is 18.4 Å². The Morgan fingerprint density at radius 1 is 1.20 bits per heavy atom. The van der Waals surface area contributed by atoms with Gasteiger partial charge in [-0.15, -0.1) is 11.3 Å². The minimum absolute atomic E-state index is 0.195. The Labute approximate surface area is 118 Å². The van der Waals surface area contributed by atoms with Crippen molar-refractivity contribution in [3.63, 3.8) is 0 Å². The average molecular weight is 291 g/mol. The standard InChI is InChI=1S/C14H11F2N3S/c1-2-17-12-10-5-6-20-14(10)19-13(18-12)9-4-3-8(15)7-11(9)16/h3-7H,2H2,1H3,(H,17,18,19). The normalized spacial score (nSPS) is 10.9. The zero-order valence-electron chi connectivity index (χ0n) is 10.7. The molecule has 0 radical (unpaired) electrons. The smallest absolute Gasteiger partial charge is 0.166 e. The Morgan fingerprint density at radius 2 is 2.05 bits per heavy atom. The summed E-state index contributed by atoms with van der Waals surface area (Å²) in [7, 11) is 0. The predicted molar refractivity (Wildman–Crippen MR) is 76.9 cm³/mol. The molecule has 3 aromatic rings. The van der Waals surface area contributed by atoms with Crippen molar-refractivity contribution in [2.45, 2.75) is 6.92 Å². The SMILES string of the molecule is CCNc1nc(-c2ccc(F)cc2F)nc2sccc12. The second kappa shape index (κ2) is 5.13. The van der Waals surface area contributed by atoms with Gasteiger partial charge in [0.25, 0.3) is 0 Å². The van der Waals surface area contributed by atoms with Crippen LogP contribution in [0.1, 0.15) is 6.92 Å². The summed E-state index contributed by atoms with van der Waals surface area (Å²) in [5.74, 6) is -0.357. The maximum absolute atomic E-state index is 13.8. The number of aromatic nitrogens is 2. The van der Waals surface area contributed by atoms with Gasteiger partial charge in [-0.05, 0) is 30.5 Å². The number of hydrogen-bond acceptors (Lipinski definition) is 4. The molecule has 1 aromatic carbocycles. The lowest BCUT2D eigenvalue weighted by atomic mass is 10.2. The third-order valence-electron chi connectivity index (χ3n) is 2.84. The van der Waals surface area contributed by atoms with Crippen LogP contribution in [0.4, 0.5) is 14.6 Å². The van der Waals surface area contributed by atoms with Crippen LogP contribution in [0.15, 0.2) is 29.6 Å². The molecule has 0 aliphatic rings. The number of benzene rings is 1. The van der Waals surface area contributed by atoms with Gasteiger partial charge in [-0.1, -0.05) is 0 Å². The van der Waals surface area contributed by atoms with Gasteiger partial charge in [0.1, 0.15) is 22.3 Å². The number of thiophene rings is 1. The van der Waals surface area contributed by atoms with Gasteiger partial charge in [0, 0.05) is 12.6 Å². The van der Waals surface area contributed by atoms with Crippen molar-refractivity contribution in [1.29, 1.82) is 0 Å². The van der Waals surface area contributed by atoms with Crippen LogP contribution in [-0.2, 0) is 0 Å². The van der Waals surface area contributed by atoms with E-state index in [0.29, 0.717) is 12.4 Å². The first-order chi connectivity index (χ1) is 9.69. The summed E-state index contributed by atoms with van der Waals surface area (Å²) in [6.07, 6.45) is 0. The van der Waals surface area contributed by atoms with E-state index in [1.165, 1.54) is 23.5 Å². The number of halogens is 2. The third-order valence-corrected chi connectivity index (χ3v) is 3.65. The molecule has 6 heteroatoms. The van der Waals surface area contributed by atoms with E-state index >= 15 is 0 Å². The van der Waals surface area contributed by atoms with Gasteiger partial charge in [-0.3, -0.25) is 0 Å². The van der Waals surface area contributed by atoms with Gasteiger partial charge in [-0.25, -0.2) is 18.7 Å². The van der Waals surface area contributed by atoms with Crippen LogP contribution < -0.4 is 5.32 Å². The highest BCUT2D eigenvalue weighted by atomic mass is 32.1. The number of rotatable bonds is 3. The minimum Gasteiger partial charge on any atom is -0.370 e. The summed E-state index contributed by atoms with van der Waals surface area (Å²) in [5.41, 5.74) is 0.195. The van der Waals surface area contributed by atoms with Gasteiger partial charge >= 0.3 is 0 Å². The number of hydrogen-bond donors (Lipinski definition) is 1. The Hall–Kier alpha value is -2.08. The molecule has 0 spiro atoms. The maximum atomic E-state index is 13.8. The highest BCUT2D eigenvalue weighted by Gasteiger charge is 2.13. The van der Waals surface area contributed by atoms with Crippen LogP contribution in [0.25, 0.3) is 21.6 Å². The molecule has 0 aliphatic carbocycles. The van der Waals surface area contributed by atoms with E-state index < -0.39 is 11.6 Å². The quantitative estimate of drug-likeness (QED) is 0.790. The van der Waals surface area contributed by atoms with E-state index in [-0.39, 0.29) is 11.4 Å². The first-order valence-electron chi connectivity index (χ1n) is 6.13. The second-order valence-corrected chi connectivity index (χ2v) is 5.08. The van der Waals surface area contributed by atoms with Crippen LogP contribution in [0, 0.1) is 11.6 Å². The Kier molecular flexibility index (Phi) is 3.31. The lowest BCUT2D eigenvalue weighted by molar-refractivity contribution is 0.585. The molecule has 0 fully saturated rings. The van der Waals surface area contributed by atoms with Crippen molar-refractivity contribution >= 4 is 27.4 Å². The molecule has 0 atom stereocenters. The molecule has 2 aromatic heterocycles. The van der Waals surface area contributed by atoms with Gasteiger partial charge in [-0.2, -0.15) is 0 Å². The summed E-state index contributed by atoms with van der Waals surface area (Å²) in [6, 6.07) is 5.31. The van der Waals surface area contributed by atoms with E-state index in [9.17, 15) is 8.78 Å². The molecule has 3 nitrogen and oxygen atoms in total. The predicted octanol–water partition coefficient (Wildman–Crippen LogP) is 4.07. The lowest BCUT2D eigenvalue weighted by Crippen LogP contribution is -2.02. The largest absolute Gasteiger partial charge is 0.370 e. The van der Waals surface area contributed by atoms with Crippen molar-refractivity contribution in [3.05, 3.63) is 41.3 Å². The van der Waals surface area contributed by atoms with Crippen LogP contribution in [-0.4, -0.2) is 16.5 Å². The molecule has 0 bridgehead atoms. The van der Waals surface area contributed by atoms with Crippen LogP contribution >= 0.6 is 11.3 Å². The molecule has 1 N–H and O–H groups in total. The van der Waals surface area contributed by atoms with E-state index in [1.54, 1.807) is 0 Å². The number of fused-ring (bicyclic) bond motifs is 1. The zero-order valence-corrected chi connectivity index (χ0v) is 11.5. The van der Waals surface area contributed by atoms with Crippen molar-refractivity contribution in [1.82, 2.24) is 9.97 Å². The number of nitrogens with one attached hydrogen (secondary N) is 1. The molecule has 0 amide bonds. The molecule has 0 saturated heterocycles. The molecule has 102 valence electrons. The van der Waals surface area contributed by atoms with Crippen LogP contribution in [0.3, 0.4) is 0 Å². The fraction of sp³-hybridized carbons (Fsp3) is 0.143. The summed E-state index contributed by atoms with van der Waals surface area (Å²) < 4.78 is 26.8. The van der Waals surface area contributed by atoms with E-state index in [2.05, 4.69) is 15.3 Å². The average Bonchev–Trinajstić information content (AvgIpc) is 2.87. The highest BCUT2D eigenvalue weighted by molar-refractivity contribution is 7.16. The van der Waals surface area contributed by atoms with Crippen LogP contribution in [0.2, 0.25) is 0 Å². The molecule has 3 rings (SSSR count). The summed E-state index contributed by atoms with van der Waals surface area (Å²) in [6.45, 7) is 2.66. The van der Waals surface area contributed by atoms with Crippen LogP contribution in [0.5, 0.6) is 0 Å². The zero-order chi connectivity index (χ0) is 14.1. The number of anilines is 1. The van der Waals surface area contributed by atoms with Crippen molar-refractivity contribution in [2.24, 2.45) is 0 Å². The van der Waals surface area contributed by atoms with Gasteiger partial charge in [0.2, 0.25) is 0 Å². The van der Waals surface area contributed by atoms with E-state index in [0.717, 1.165) is 16.3 Å². The molecular weight excluding hydrogens is 280 g/mol. The molecule has 0 aliphatic heterocycles. The number of nitrogens with zero attached hydrogens (tertiary/aromatic N) is 2. The van der Waals surface area contributed by atoms with Crippen molar-refractivity contribution in [3.8, 4) is 11.4 Å². The molecule has 0 saturated carbocycles. The summed E-state index contributed by atoms with van der Waals surface area (Å²) in [4.78, 5) is 9.46. The first-order valence-corrected chi connectivity index (χ1v) is 7.01. The van der Waals surface area contributed by atoms with Gasteiger partial charge in [0.05, 0.1) is 10.9 Å². The highest BCUT2D eigenvalue weighted by Crippen LogP contribution is 2.29. The second-order valence-electron chi connectivity index (χ2n) is 4.19.